The van der Waals surface area contributed by atoms with Gasteiger partial charge in [-0.1, -0.05) is 29.3 Å². The second kappa shape index (κ2) is 12.5. The van der Waals surface area contributed by atoms with E-state index in [4.69, 9.17) is 23.2 Å². The quantitative estimate of drug-likeness (QED) is 0.281. The number of aromatic nitrogens is 1. The fraction of sp³-hybridized carbons (Fsp3) is 0.394. The van der Waals surface area contributed by atoms with Crippen molar-refractivity contribution in [3.05, 3.63) is 80.1 Å². The number of carbonyl (C=O) groups is 2. The molecule has 2 atom stereocenters. The summed E-state index contributed by atoms with van der Waals surface area (Å²) in [5.74, 6) is -0.847. The first kappa shape index (κ1) is 31.8. The van der Waals surface area contributed by atoms with Crippen molar-refractivity contribution in [3.63, 3.8) is 0 Å². The summed E-state index contributed by atoms with van der Waals surface area (Å²) < 4.78 is 40.8. The van der Waals surface area contributed by atoms with Gasteiger partial charge in [-0.3, -0.25) is 14.5 Å². The maximum absolute atomic E-state index is 14.0. The van der Waals surface area contributed by atoms with Gasteiger partial charge in [0.15, 0.2) is 9.84 Å². The largest absolute Gasteiger partial charge is 0.358 e. The highest BCUT2D eigenvalue weighted by Crippen LogP contribution is 2.37. The number of carbonyl (C=O) groups excluding carboxylic acids is 2. The van der Waals surface area contributed by atoms with Crippen LogP contribution in [0.15, 0.2) is 41.3 Å². The molecule has 2 fully saturated rings. The van der Waals surface area contributed by atoms with E-state index >= 15 is 0 Å². The first-order valence-corrected chi connectivity index (χ1v) is 17.5. The normalized spacial score (nSPS) is 21.4. The zero-order valence-electron chi connectivity index (χ0n) is 25.1. The Balaban J connectivity index is 1.27. The summed E-state index contributed by atoms with van der Waals surface area (Å²) in [5.41, 5.74) is 4.07. The summed E-state index contributed by atoms with van der Waals surface area (Å²) >= 11 is 12.5. The number of amides is 2. The molecule has 8 nitrogen and oxygen atoms in total. The first-order valence-electron chi connectivity index (χ1n) is 15.1. The number of anilines is 1. The Morgan fingerprint density at radius 2 is 1.82 bits per heavy atom. The molecule has 45 heavy (non-hydrogen) atoms. The standard InChI is InChI=1S/C33H35Cl2FN4O4S/c1-19-30(37-20(2)31(19)33(42)40-13-5-7-22(40)17-39-12-4-6-21(36)16-39)15-25-24-14-23(10-11-29(24)38-32(25)41)45(43,44)18-26-27(34)8-3-9-28(26)35/h3,8-11,14-15,21-22,37H,4-7,12-13,16-18H2,1-2H3,(H,38,41)/t21-,22?/m0/s1. The molecule has 0 spiro atoms. The molecular formula is C33H35Cl2FN4O4S. The first-order chi connectivity index (χ1) is 21.4. The van der Waals surface area contributed by atoms with E-state index in [2.05, 4.69) is 15.2 Å². The fourth-order valence-corrected chi connectivity index (χ4v) is 8.85. The zero-order chi connectivity index (χ0) is 32.0. The molecule has 0 aliphatic carbocycles. The minimum atomic E-state index is -3.86. The van der Waals surface area contributed by atoms with Gasteiger partial charge >= 0.3 is 0 Å². The molecule has 3 aliphatic rings. The fourth-order valence-electron chi connectivity index (χ4n) is 6.73. The Bertz CT molecular complexity index is 1800. The number of sulfone groups is 1. The SMILES string of the molecule is Cc1[nH]c(C=C2C(=O)Nc3ccc(S(=O)(=O)Cc4c(Cl)cccc4Cl)cc32)c(C)c1C(=O)N1CCCC1CN1CCC[C@H](F)C1. The third kappa shape index (κ3) is 6.30. The van der Waals surface area contributed by atoms with Crippen molar-refractivity contribution in [1.82, 2.24) is 14.8 Å². The van der Waals surface area contributed by atoms with Gasteiger partial charge in [0.05, 0.1) is 21.8 Å². The van der Waals surface area contributed by atoms with E-state index in [9.17, 15) is 22.4 Å². The molecule has 2 saturated heterocycles. The van der Waals surface area contributed by atoms with E-state index in [-0.39, 0.29) is 38.4 Å². The number of alkyl halides is 1. The highest BCUT2D eigenvalue weighted by Gasteiger charge is 2.35. The van der Waals surface area contributed by atoms with Crippen LogP contribution in [-0.4, -0.2) is 73.4 Å². The van der Waals surface area contributed by atoms with Gasteiger partial charge in [0.2, 0.25) is 0 Å². The molecule has 0 bridgehead atoms. The summed E-state index contributed by atoms with van der Waals surface area (Å²) in [5, 5.41) is 3.32. The lowest BCUT2D eigenvalue weighted by Gasteiger charge is -2.34. The van der Waals surface area contributed by atoms with E-state index in [1.807, 2.05) is 18.7 Å². The topological polar surface area (TPSA) is 103 Å². The highest BCUT2D eigenvalue weighted by atomic mass is 35.5. The van der Waals surface area contributed by atoms with E-state index in [0.717, 1.165) is 25.8 Å². The van der Waals surface area contributed by atoms with Crippen molar-refractivity contribution in [2.24, 2.45) is 0 Å². The lowest BCUT2D eigenvalue weighted by Crippen LogP contribution is -2.46. The lowest BCUT2D eigenvalue weighted by molar-refractivity contribution is -0.110. The van der Waals surface area contributed by atoms with Gasteiger partial charge < -0.3 is 15.2 Å². The number of rotatable bonds is 7. The van der Waals surface area contributed by atoms with Crippen LogP contribution in [0.25, 0.3) is 11.6 Å². The van der Waals surface area contributed by atoms with Crippen molar-refractivity contribution in [1.29, 1.82) is 0 Å². The van der Waals surface area contributed by atoms with Crippen molar-refractivity contribution in [3.8, 4) is 0 Å². The number of nitrogens with one attached hydrogen (secondary N) is 2. The molecule has 12 heteroatoms. The number of halogens is 3. The van der Waals surface area contributed by atoms with Crippen LogP contribution in [0, 0.1) is 13.8 Å². The van der Waals surface area contributed by atoms with Crippen molar-refractivity contribution in [2.75, 3.05) is 31.5 Å². The second-order valence-corrected chi connectivity index (χ2v) is 14.9. The van der Waals surface area contributed by atoms with Crippen LogP contribution in [0.2, 0.25) is 10.0 Å². The van der Waals surface area contributed by atoms with Crippen LogP contribution in [0.3, 0.4) is 0 Å². The highest BCUT2D eigenvalue weighted by molar-refractivity contribution is 7.90. The predicted molar refractivity (Wildman–Crippen MR) is 175 cm³/mol. The number of aromatic amines is 1. The molecule has 4 heterocycles. The Kier molecular flexibility index (Phi) is 8.86. The minimum Gasteiger partial charge on any atom is -0.358 e. The summed E-state index contributed by atoms with van der Waals surface area (Å²) in [6.07, 6.45) is 4.05. The number of H-pyrrole nitrogens is 1. The molecule has 3 aromatic rings. The van der Waals surface area contributed by atoms with Crippen LogP contribution in [0.4, 0.5) is 10.1 Å². The molecule has 1 aromatic heterocycles. The third-order valence-corrected chi connectivity index (χ3v) is 11.4. The molecule has 2 aromatic carbocycles. The average molecular weight is 674 g/mol. The Hall–Kier alpha value is -3.18. The minimum absolute atomic E-state index is 0.0202. The van der Waals surface area contributed by atoms with Crippen molar-refractivity contribution >= 4 is 62.2 Å². The molecule has 0 radical (unpaired) electrons. The van der Waals surface area contributed by atoms with Crippen LogP contribution in [-0.2, 0) is 20.4 Å². The number of aryl methyl sites for hydroxylation is 1. The zero-order valence-corrected chi connectivity index (χ0v) is 27.5. The smallest absolute Gasteiger partial charge is 0.256 e. The van der Waals surface area contributed by atoms with Crippen LogP contribution in [0.5, 0.6) is 0 Å². The molecule has 2 amide bonds. The maximum Gasteiger partial charge on any atom is 0.256 e. The Morgan fingerprint density at radius 1 is 1.09 bits per heavy atom. The van der Waals surface area contributed by atoms with Gasteiger partial charge in [-0.25, -0.2) is 12.8 Å². The monoisotopic (exact) mass is 672 g/mol. The van der Waals surface area contributed by atoms with Crippen molar-refractivity contribution < 1.29 is 22.4 Å². The van der Waals surface area contributed by atoms with Gasteiger partial charge in [-0.15, -0.1) is 0 Å². The number of fused-ring (bicyclic) bond motifs is 1. The third-order valence-electron chi connectivity index (χ3n) is 9.06. The number of likely N-dealkylation sites (tertiary alicyclic amines) is 2. The van der Waals surface area contributed by atoms with Crippen LogP contribution < -0.4 is 5.32 Å². The summed E-state index contributed by atoms with van der Waals surface area (Å²) in [7, 11) is -3.86. The molecule has 2 N–H and O–H groups in total. The summed E-state index contributed by atoms with van der Waals surface area (Å²) in [6, 6.07) is 9.34. The molecular weight excluding hydrogens is 638 g/mol. The molecule has 3 aliphatic heterocycles. The van der Waals surface area contributed by atoms with Gasteiger partial charge in [-0.05, 0) is 88.0 Å². The van der Waals surface area contributed by atoms with Gasteiger partial charge in [0.1, 0.15) is 6.17 Å². The predicted octanol–water partition coefficient (Wildman–Crippen LogP) is 6.44. The van der Waals surface area contributed by atoms with Gasteiger partial charge in [0.25, 0.3) is 11.8 Å². The van der Waals surface area contributed by atoms with Crippen LogP contribution >= 0.6 is 23.2 Å². The molecule has 238 valence electrons. The van der Waals surface area contributed by atoms with Gasteiger partial charge in [0, 0.05) is 63.9 Å². The van der Waals surface area contributed by atoms with E-state index < -0.39 is 21.8 Å². The van der Waals surface area contributed by atoms with E-state index in [0.29, 0.717) is 65.4 Å². The molecule has 1 unspecified atom stereocenters. The second-order valence-electron chi connectivity index (χ2n) is 12.1. The van der Waals surface area contributed by atoms with Crippen molar-refractivity contribution in [2.45, 2.75) is 62.4 Å². The molecule has 6 rings (SSSR count). The number of hydrogen-bond acceptors (Lipinski definition) is 5. The number of nitrogens with zero attached hydrogens (tertiary/aromatic N) is 2. The summed E-state index contributed by atoms with van der Waals surface area (Å²) in [6.45, 7) is 6.24. The number of hydrogen-bond donors (Lipinski definition) is 2. The number of benzene rings is 2. The van der Waals surface area contributed by atoms with E-state index in [1.54, 1.807) is 30.3 Å². The Labute approximate surface area is 272 Å². The average Bonchev–Trinajstić information content (AvgIpc) is 3.65. The van der Waals surface area contributed by atoms with E-state index in [1.165, 1.54) is 12.1 Å². The maximum atomic E-state index is 14.0. The Morgan fingerprint density at radius 3 is 2.56 bits per heavy atom. The van der Waals surface area contributed by atoms with Crippen LogP contribution in [0.1, 0.15) is 64.1 Å². The molecule has 0 saturated carbocycles. The lowest BCUT2D eigenvalue weighted by atomic mass is 10.0. The van der Waals surface area contributed by atoms with Gasteiger partial charge in [-0.2, -0.15) is 0 Å². The summed E-state index contributed by atoms with van der Waals surface area (Å²) in [4.78, 5) is 34.3. The number of piperidine rings is 1.